The topological polar surface area (TPSA) is 69.8 Å². The summed E-state index contributed by atoms with van der Waals surface area (Å²) in [6, 6.07) is 5.41. The van der Waals surface area contributed by atoms with Crippen LogP contribution in [-0.4, -0.2) is 22.5 Å². The van der Waals surface area contributed by atoms with Crippen molar-refractivity contribution in [3.63, 3.8) is 0 Å². The summed E-state index contributed by atoms with van der Waals surface area (Å²) in [6.07, 6.45) is 0. The Morgan fingerprint density at radius 2 is 1.88 bits per heavy atom. The molecule has 1 aromatic heterocycles. The maximum absolute atomic E-state index is 11.7. The van der Waals surface area contributed by atoms with E-state index in [0.29, 0.717) is 22.5 Å². The third-order valence-electron chi connectivity index (χ3n) is 4.86. The SMILES string of the molecule is CCNC(=O)Nc1nc(C2C(c3cc(Cl)cc(Cl)c3)C2(C)C)c(C)[nH]1. The summed E-state index contributed by atoms with van der Waals surface area (Å²) in [7, 11) is 0. The number of carbonyl (C=O) groups is 1. The Hall–Kier alpha value is -1.72. The minimum atomic E-state index is -0.268. The first kappa shape index (κ1) is 18.1. The highest BCUT2D eigenvalue weighted by Crippen LogP contribution is 2.70. The molecular formula is C18H22Cl2N4O. The Balaban J connectivity index is 1.87. The van der Waals surface area contributed by atoms with Gasteiger partial charge in [0, 0.05) is 28.2 Å². The highest BCUT2D eigenvalue weighted by Gasteiger charge is 2.60. The number of urea groups is 1. The number of nitrogens with zero attached hydrogens (tertiary/aromatic N) is 1. The fourth-order valence-electron chi connectivity index (χ4n) is 3.67. The lowest BCUT2D eigenvalue weighted by Crippen LogP contribution is -2.28. The molecule has 1 aliphatic carbocycles. The average Bonchev–Trinajstić information content (AvgIpc) is 2.87. The number of nitrogens with one attached hydrogen (secondary N) is 3. The molecule has 5 nitrogen and oxygen atoms in total. The maximum atomic E-state index is 11.7. The van der Waals surface area contributed by atoms with Gasteiger partial charge in [-0.3, -0.25) is 5.32 Å². The normalized spacial score (nSPS) is 21.0. The molecule has 0 spiro atoms. The zero-order valence-electron chi connectivity index (χ0n) is 14.7. The van der Waals surface area contributed by atoms with Crippen LogP contribution in [0, 0.1) is 12.3 Å². The van der Waals surface area contributed by atoms with Gasteiger partial charge in [0.05, 0.1) is 5.69 Å². The number of aryl methyl sites for hydroxylation is 1. The van der Waals surface area contributed by atoms with E-state index >= 15 is 0 Å². The number of aromatic nitrogens is 2. The summed E-state index contributed by atoms with van der Waals surface area (Å²) in [5, 5.41) is 6.70. The fourth-order valence-corrected chi connectivity index (χ4v) is 4.22. The fraction of sp³-hybridized carbons (Fsp3) is 0.444. The van der Waals surface area contributed by atoms with Gasteiger partial charge in [-0.2, -0.15) is 0 Å². The number of halogens is 2. The van der Waals surface area contributed by atoms with Crippen molar-refractivity contribution < 1.29 is 4.79 Å². The number of imidazole rings is 1. The predicted octanol–water partition coefficient (Wildman–Crippen LogP) is 5.07. The number of hydrogen-bond donors (Lipinski definition) is 3. The van der Waals surface area contributed by atoms with Crippen LogP contribution >= 0.6 is 23.2 Å². The number of amides is 2. The van der Waals surface area contributed by atoms with Crippen molar-refractivity contribution in [2.75, 3.05) is 11.9 Å². The molecule has 7 heteroatoms. The van der Waals surface area contributed by atoms with Gasteiger partial charge in [0.25, 0.3) is 0 Å². The molecule has 2 aromatic rings. The van der Waals surface area contributed by atoms with Crippen LogP contribution in [0.25, 0.3) is 0 Å². The molecule has 1 saturated carbocycles. The van der Waals surface area contributed by atoms with Crippen LogP contribution in [0.2, 0.25) is 10.0 Å². The van der Waals surface area contributed by atoms with E-state index < -0.39 is 0 Å². The van der Waals surface area contributed by atoms with Crippen LogP contribution in [0.3, 0.4) is 0 Å². The molecular weight excluding hydrogens is 359 g/mol. The number of hydrogen-bond acceptors (Lipinski definition) is 2. The number of rotatable bonds is 4. The van der Waals surface area contributed by atoms with Crippen molar-refractivity contribution in [1.82, 2.24) is 15.3 Å². The summed E-state index contributed by atoms with van der Waals surface area (Å²) < 4.78 is 0. The Morgan fingerprint density at radius 3 is 2.48 bits per heavy atom. The molecule has 25 heavy (non-hydrogen) atoms. The van der Waals surface area contributed by atoms with E-state index in [2.05, 4.69) is 34.4 Å². The molecule has 0 saturated heterocycles. The maximum Gasteiger partial charge on any atom is 0.321 e. The van der Waals surface area contributed by atoms with Gasteiger partial charge < -0.3 is 10.3 Å². The van der Waals surface area contributed by atoms with Crippen LogP contribution in [0.1, 0.15) is 49.6 Å². The Labute approximate surface area is 157 Å². The van der Waals surface area contributed by atoms with E-state index in [4.69, 9.17) is 23.2 Å². The molecule has 1 fully saturated rings. The van der Waals surface area contributed by atoms with Gasteiger partial charge in [-0.25, -0.2) is 9.78 Å². The van der Waals surface area contributed by atoms with Crippen molar-refractivity contribution in [3.05, 3.63) is 45.2 Å². The van der Waals surface area contributed by atoms with Crippen LogP contribution in [-0.2, 0) is 0 Å². The van der Waals surface area contributed by atoms with Gasteiger partial charge in [0.1, 0.15) is 0 Å². The standard InChI is InChI=1S/C18H22Cl2N4O/c1-5-21-17(25)24-16-22-9(2)15(23-16)14-13(18(14,3)4)10-6-11(19)8-12(20)7-10/h6-8,13-14H,5H2,1-4H3,(H3,21,22,23,24,25). The summed E-state index contributed by atoms with van der Waals surface area (Å²) in [5.41, 5.74) is 3.09. The van der Waals surface area contributed by atoms with E-state index in [9.17, 15) is 4.79 Å². The molecule has 1 heterocycles. The minimum absolute atomic E-state index is 0.0386. The lowest BCUT2D eigenvalue weighted by molar-refractivity contribution is 0.252. The van der Waals surface area contributed by atoms with Gasteiger partial charge in [0.15, 0.2) is 0 Å². The second kappa shape index (κ2) is 6.54. The van der Waals surface area contributed by atoms with Crippen molar-refractivity contribution in [2.24, 2.45) is 5.41 Å². The van der Waals surface area contributed by atoms with Crippen LogP contribution in [0.4, 0.5) is 10.7 Å². The summed E-state index contributed by atoms with van der Waals surface area (Å²) in [5.74, 6) is 0.982. The van der Waals surface area contributed by atoms with Crippen molar-refractivity contribution in [2.45, 2.75) is 39.5 Å². The first-order valence-electron chi connectivity index (χ1n) is 8.31. The molecule has 0 aliphatic heterocycles. The lowest BCUT2D eigenvalue weighted by atomic mass is 10.0. The van der Waals surface area contributed by atoms with E-state index in [1.807, 2.05) is 26.0 Å². The quantitative estimate of drug-likeness (QED) is 0.692. The molecule has 3 N–H and O–H groups in total. The Bertz CT molecular complexity index is 795. The molecule has 2 amide bonds. The highest BCUT2D eigenvalue weighted by molar-refractivity contribution is 6.34. The highest BCUT2D eigenvalue weighted by atomic mass is 35.5. The number of benzene rings is 1. The molecule has 1 aliphatic rings. The molecule has 3 rings (SSSR count). The van der Waals surface area contributed by atoms with E-state index in [1.54, 1.807) is 6.07 Å². The smallest absolute Gasteiger partial charge is 0.321 e. The number of H-pyrrole nitrogens is 1. The second-order valence-corrected chi connectivity index (χ2v) is 7.93. The summed E-state index contributed by atoms with van der Waals surface area (Å²) in [4.78, 5) is 19.5. The summed E-state index contributed by atoms with van der Waals surface area (Å²) >= 11 is 12.3. The molecule has 134 valence electrons. The van der Waals surface area contributed by atoms with Gasteiger partial charge in [0.2, 0.25) is 5.95 Å². The Kier molecular flexibility index (Phi) is 4.73. The van der Waals surface area contributed by atoms with Crippen LogP contribution in [0.15, 0.2) is 18.2 Å². The Morgan fingerprint density at radius 1 is 1.24 bits per heavy atom. The van der Waals surface area contributed by atoms with Crippen molar-refractivity contribution >= 4 is 35.2 Å². The van der Waals surface area contributed by atoms with Gasteiger partial charge in [-0.05, 0) is 48.9 Å². The third kappa shape index (κ3) is 3.48. The van der Waals surface area contributed by atoms with Crippen LogP contribution < -0.4 is 10.6 Å². The zero-order chi connectivity index (χ0) is 18.4. The minimum Gasteiger partial charge on any atom is -0.338 e. The zero-order valence-corrected chi connectivity index (χ0v) is 16.2. The van der Waals surface area contributed by atoms with Gasteiger partial charge in [-0.1, -0.05) is 37.0 Å². The van der Waals surface area contributed by atoms with Crippen LogP contribution in [0.5, 0.6) is 0 Å². The van der Waals surface area contributed by atoms with E-state index in [0.717, 1.165) is 17.0 Å². The molecule has 2 atom stereocenters. The lowest BCUT2D eigenvalue weighted by Gasteiger charge is -2.04. The van der Waals surface area contributed by atoms with Gasteiger partial charge >= 0.3 is 6.03 Å². The average molecular weight is 381 g/mol. The second-order valence-electron chi connectivity index (χ2n) is 7.06. The third-order valence-corrected chi connectivity index (χ3v) is 5.29. The first-order valence-corrected chi connectivity index (χ1v) is 9.07. The number of anilines is 1. The largest absolute Gasteiger partial charge is 0.338 e. The van der Waals surface area contributed by atoms with Crippen molar-refractivity contribution in [3.8, 4) is 0 Å². The first-order chi connectivity index (χ1) is 11.7. The molecule has 2 unspecified atom stereocenters. The number of carbonyl (C=O) groups excluding carboxylic acids is 1. The number of aromatic amines is 1. The molecule has 1 aromatic carbocycles. The summed E-state index contributed by atoms with van der Waals surface area (Å²) in [6.45, 7) is 8.82. The molecule has 0 radical (unpaired) electrons. The molecule has 0 bridgehead atoms. The monoisotopic (exact) mass is 380 g/mol. The predicted molar refractivity (Wildman–Crippen MR) is 102 cm³/mol. The van der Waals surface area contributed by atoms with E-state index in [-0.39, 0.29) is 23.3 Å². The van der Waals surface area contributed by atoms with Crippen molar-refractivity contribution in [1.29, 1.82) is 0 Å². The van der Waals surface area contributed by atoms with E-state index in [1.165, 1.54) is 0 Å². The van der Waals surface area contributed by atoms with Gasteiger partial charge in [-0.15, -0.1) is 0 Å².